The third-order valence-electron chi connectivity index (χ3n) is 2.53. The molecule has 2 rings (SSSR count). The van der Waals surface area contributed by atoms with E-state index in [-0.39, 0.29) is 24.0 Å². The van der Waals surface area contributed by atoms with Gasteiger partial charge < -0.3 is 10.6 Å². The molecule has 0 saturated carbocycles. The highest BCUT2D eigenvalue weighted by molar-refractivity contribution is 14.0. The summed E-state index contributed by atoms with van der Waals surface area (Å²) in [7, 11) is 0. The molecule has 6 heteroatoms. The summed E-state index contributed by atoms with van der Waals surface area (Å²) >= 11 is 11.9. The van der Waals surface area contributed by atoms with Gasteiger partial charge in [-0.05, 0) is 36.6 Å². The van der Waals surface area contributed by atoms with E-state index in [1.165, 1.54) is 0 Å². The molecule has 18 heavy (non-hydrogen) atoms. The van der Waals surface area contributed by atoms with Crippen LogP contribution in [0.3, 0.4) is 0 Å². The van der Waals surface area contributed by atoms with Gasteiger partial charge in [0, 0.05) is 29.7 Å². The van der Waals surface area contributed by atoms with Gasteiger partial charge in [-0.15, -0.1) is 24.0 Å². The van der Waals surface area contributed by atoms with Crippen LogP contribution in [0.2, 0.25) is 10.0 Å². The summed E-state index contributed by atoms with van der Waals surface area (Å²) in [6.45, 7) is 2.72. The first-order valence-electron chi connectivity index (χ1n) is 5.71. The van der Waals surface area contributed by atoms with Crippen LogP contribution in [0.4, 0.5) is 0 Å². The van der Waals surface area contributed by atoms with E-state index >= 15 is 0 Å². The van der Waals surface area contributed by atoms with Gasteiger partial charge in [-0.2, -0.15) is 0 Å². The van der Waals surface area contributed by atoms with Crippen molar-refractivity contribution in [2.24, 2.45) is 4.99 Å². The summed E-state index contributed by atoms with van der Waals surface area (Å²) in [5.41, 5.74) is 1.13. The summed E-state index contributed by atoms with van der Waals surface area (Å²) in [6.07, 6.45) is 1.98. The van der Waals surface area contributed by atoms with Crippen LogP contribution in [0.1, 0.15) is 12.0 Å². The van der Waals surface area contributed by atoms with Gasteiger partial charge in [0.1, 0.15) is 0 Å². The second-order valence-electron chi connectivity index (χ2n) is 3.97. The topological polar surface area (TPSA) is 36.4 Å². The first-order valence-corrected chi connectivity index (χ1v) is 6.47. The quantitative estimate of drug-likeness (QED) is 0.766. The maximum Gasteiger partial charge on any atom is 0.191 e. The molecule has 1 heterocycles. The molecule has 1 aromatic carbocycles. The van der Waals surface area contributed by atoms with Gasteiger partial charge in [0.25, 0.3) is 0 Å². The molecule has 2 N–H and O–H groups in total. The maximum absolute atomic E-state index is 5.94. The van der Waals surface area contributed by atoms with E-state index in [2.05, 4.69) is 15.6 Å². The Balaban J connectivity index is 0.00000162. The normalized spacial score (nSPS) is 14.2. The lowest BCUT2D eigenvalue weighted by Crippen LogP contribution is -2.41. The zero-order valence-electron chi connectivity index (χ0n) is 9.88. The number of aliphatic imine (C=N–C) groups is 1. The van der Waals surface area contributed by atoms with E-state index in [0.29, 0.717) is 10.0 Å². The molecule has 0 fully saturated rings. The van der Waals surface area contributed by atoms with Crippen LogP contribution in [0.5, 0.6) is 0 Å². The SMILES string of the molecule is Clc1cc(Cl)cc(CCNC2=NCCCN2)c1.I. The fraction of sp³-hybridized carbons (Fsp3) is 0.417. The van der Waals surface area contributed by atoms with Gasteiger partial charge in [0.15, 0.2) is 5.96 Å². The minimum atomic E-state index is 0. The second kappa shape index (κ2) is 8.07. The Bertz CT molecular complexity index is 404. The molecule has 1 aliphatic heterocycles. The van der Waals surface area contributed by atoms with Crippen molar-refractivity contribution in [3.8, 4) is 0 Å². The highest BCUT2D eigenvalue weighted by Crippen LogP contribution is 2.19. The van der Waals surface area contributed by atoms with E-state index in [0.717, 1.165) is 44.0 Å². The molecule has 3 nitrogen and oxygen atoms in total. The molecule has 0 amide bonds. The number of hydrogen-bond acceptors (Lipinski definition) is 3. The molecular weight excluding hydrogens is 384 g/mol. The van der Waals surface area contributed by atoms with E-state index < -0.39 is 0 Å². The van der Waals surface area contributed by atoms with Gasteiger partial charge in [0.2, 0.25) is 0 Å². The Kier molecular flexibility index (Phi) is 7.11. The van der Waals surface area contributed by atoms with Crippen LogP contribution in [0, 0.1) is 0 Å². The largest absolute Gasteiger partial charge is 0.356 e. The van der Waals surface area contributed by atoms with Gasteiger partial charge in [-0.3, -0.25) is 4.99 Å². The molecular formula is C12H16Cl2IN3. The molecule has 0 spiro atoms. The van der Waals surface area contributed by atoms with Gasteiger partial charge >= 0.3 is 0 Å². The molecule has 1 aromatic rings. The summed E-state index contributed by atoms with van der Waals surface area (Å²) in [6, 6.07) is 5.61. The number of hydrogen-bond donors (Lipinski definition) is 2. The van der Waals surface area contributed by atoms with Crippen LogP contribution < -0.4 is 10.6 Å². The maximum atomic E-state index is 5.94. The third kappa shape index (κ3) is 5.20. The standard InChI is InChI=1S/C12H15Cl2N3.HI/c13-10-6-9(7-11(14)8-10)2-5-17-12-15-3-1-4-16-12;/h6-8H,1-5H2,(H2,15,16,17);1H. The van der Waals surface area contributed by atoms with E-state index in [1.54, 1.807) is 6.07 Å². The Hall–Kier alpha value is -0.200. The fourth-order valence-electron chi connectivity index (χ4n) is 1.73. The molecule has 0 saturated heterocycles. The summed E-state index contributed by atoms with van der Waals surface area (Å²) in [5.74, 6) is 0.893. The van der Waals surface area contributed by atoms with Crippen LogP contribution in [0.15, 0.2) is 23.2 Å². The average molecular weight is 400 g/mol. The van der Waals surface area contributed by atoms with Crippen molar-refractivity contribution in [1.29, 1.82) is 0 Å². The summed E-state index contributed by atoms with van der Waals surface area (Å²) < 4.78 is 0. The third-order valence-corrected chi connectivity index (χ3v) is 2.96. The van der Waals surface area contributed by atoms with Crippen molar-refractivity contribution in [3.63, 3.8) is 0 Å². The first-order chi connectivity index (χ1) is 8.24. The molecule has 0 radical (unpaired) electrons. The highest BCUT2D eigenvalue weighted by atomic mass is 127. The van der Waals surface area contributed by atoms with E-state index in [9.17, 15) is 0 Å². The average Bonchev–Trinajstić information content (AvgIpc) is 2.29. The fourth-order valence-corrected chi connectivity index (χ4v) is 2.30. The molecule has 0 aliphatic carbocycles. The van der Waals surface area contributed by atoms with Crippen molar-refractivity contribution < 1.29 is 0 Å². The lowest BCUT2D eigenvalue weighted by Gasteiger charge is -2.15. The highest BCUT2D eigenvalue weighted by Gasteiger charge is 2.03. The number of halogens is 3. The predicted molar refractivity (Wildman–Crippen MR) is 88.5 cm³/mol. The number of rotatable bonds is 3. The summed E-state index contributed by atoms with van der Waals surface area (Å²) in [5, 5.41) is 7.84. The number of nitrogens with one attached hydrogen (secondary N) is 2. The molecule has 0 unspecified atom stereocenters. The molecule has 0 bridgehead atoms. The number of nitrogens with zero attached hydrogens (tertiary/aromatic N) is 1. The van der Waals surface area contributed by atoms with Crippen molar-refractivity contribution in [2.45, 2.75) is 12.8 Å². The van der Waals surface area contributed by atoms with Gasteiger partial charge in [-0.25, -0.2) is 0 Å². The molecule has 1 aliphatic rings. The molecule has 0 atom stereocenters. The van der Waals surface area contributed by atoms with E-state index in [4.69, 9.17) is 23.2 Å². The zero-order chi connectivity index (χ0) is 12.1. The first kappa shape index (κ1) is 15.9. The Morgan fingerprint density at radius 2 is 1.94 bits per heavy atom. The van der Waals surface area contributed by atoms with Crippen LogP contribution >= 0.6 is 47.2 Å². The number of guanidine groups is 1. The summed E-state index contributed by atoms with van der Waals surface area (Å²) in [4.78, 5) is 4.34. The van der Waals surface area contributed by atoms with E-state index in [1.807, 2.05) is 12.1 Å². The monoisotopic (exact) mass is 399 g/mol. The lowest BCUT2D eigenvalue weighted by atomic mass is 10.1. The molecule has 0 aromatic heterocycles. The van der Waals surface area contributed by atoms with Gasteiger partial charge in [0.05, 0.1) is 0 Å². The Morgan fingerprint density at radius 1 is 1.22 bits per heavy atom. The predicted octanol–water partition coefficient (Wildman–Crippen LogP) is 3.09. The van der Waals surface area contributed by atoms with Gasteiger partial charge in [-0.1, -0.05) is 23.2 Å². The lowest BCUT2D eigenvalue weighted by molar-refractivity contribution is 0.700. The van der Waals surface area contributed by atoms with Crippen molar-refractivity contribution in [1.82, 2.24) is 10.6 Å². The number of benzene rings is 1. The second-order valence-corrected chi connectivity index (χ2v) is 4.84. The zero-order valence-corrected chi connectivity index (χ0v) is 13.7. The van der Waals surface area contributed by atoms with Crippen LogP contribution in [-0.4, -0.2) is 25.6 Å². The van der Waals surface area contributed by atoms with Crippen LogP contribution in [-0.2, 0) is 6.42 Å². The Labute approximate surface area is 134 Å². The van der Waals surface area contributed by atoms with Crippen molar-refractivity contribution >= 4 is 53.1 Å². The smallest absolute Gasteiger partial charge is 0.191 e. The Morgan fingerprint density at radius 3 is 2.56 bits per heavy atom. The minimum Gasteiger partial charge on any atom is -0.356 e. The van der Waals surface area contributed by atoms with Crippen LogP contribution in [0.25, 0.3) is 0 Å². The molecule has 100 valence electrons. The minimum absolute atomic E-state index is 0. The van der Waals surface area contributed by atoms with Crippen molar-refractivity contribution in [2.75, 3.05) is 19.6 Å². The van der Waals surface area contributed by atoms with Crippen molar-refractivity contribution in [3.05, 3.63) is 33.8 Å².